The van der Waals surface area contributed by atoms with Crippen molar-refractivity contribution in [3.63, 3.8) is 0 Å². The van der Waals surface area contributed by atoms with Gasteiger partial charge in [-0.25, -0.2) is 0 Å². The number of hydrogen-bond donors (Lipinski definition) is 2. The van der Waals surface area contributed by atoms with Crippen LogP contribution in [0.25, 0.3) is 0 Å². The van der Waals surface area contributed by atoms with Crippen molar-refractivity contribution in [2.24, 2.45) is 0 Å². The van der Waals surface area contributed by atoms with Gasteiger partial charge in [0.2, 0.25) is 11.8 Å². The molecule has 0 radical (unpaired) electrons. The Morgan fingerprint density at radius 2 is 2.59 bits per heavy atom. The van der Waals surface area contributed by atoms with Crippen molar-refractivity contribution in [1.29, 1.82) is 0 Å². The monoisotopic (exact) mass is 240 g/mol. The van der Waals surface area contributed by atoms with Crippen LogP contribution >= 0.6 is 0 Å². The normalized spacial score (nSPS) is 20.1. The SMILES string of the molecule is O=C(CC1CNCCO1)NCCc1ncno1. The Morgan fingerprint density at radius 1 is 1.65 bits per heavy atom. The Morgan fingerprint density at radius 3 is 3.29 bits per heavy atom. The molecule has 7 nitrogen and oxygen atoms in total. The van der Waals surface area contributed by atoms with Crippen molar-refractivity contribution in [2.75, 3.05) is 26.2 Å². The number of carbonyl (C=O) groups excluding carboxylic acids is 1. The smallest absolute Gasteiger partial charge is 0.228 e. The lowest BCUT2D eigenvalue weighted by Crippen LogP contribution is -2.41. The second-order valence-corrected chi connectivity index (χ2v) is 3.84. The molecule has 1 aliphatic heterocycles. The van der Waals surface area contributed by atoms with Crippen LogP contribution in [0, 0.1) is 0 Å². The minimum absolute atomic E-state index is 0.0155. The molecule has 94 valence electrons. The summed E-state index contributed by atoms with van der Waals surface area (Å²) in [6.07, 6.45) is 2.26. The van der Waals surface area contributed by atoms with Crippen LogP contribution in [0.3, 0.4) is 0 Å². The molecule has 1 atom stereocenters. The van der Waals surface area contributed by atoms with E-state index in [1.54, 1.807) is 0 Å². The largest absolute Gasteiger partial charge is 0.375 e. The maximum absolute atomic E-state index is 11.6. The summed E-state index contributed by atoms with van der Waals surface area (Å²) in [6, 6.07) is 0. The van der Waals surface area contributed by atoms with E-state index in [0.717, 1.165) is 13.1 Å². The molecule has 1 aromatic heterocycles. The summed E-state index contributed by atoms with van der Waals surface area (Å²) < 4.78 is 10.3. The standard InChI is InChI=1S/C10H16N4O3/c15-9(5-8-6-11-3-4-16-8)12-2-1-10-13-7-14-17-10/h7-8,11H,1-6H2,(H,12,15). The summed E-state index contributed by atoms with van der Waals surface area (Å²) in [5.41, 5.74) is 0. The van der Waals surface area contributed by atoms with Crippen LogP contribution in [-0.4, -0.2) is 48.4 Å². The molecular weight excluding hydrogens is 224 g/mol. The average molecular weight is 240 g/mol. The van der Waals surface area contributed by atoms with Crippen molar-refractivity contribution >= 4 is 5.91 Å². The predicted molar refractivity (Wildman–Crippen MR) is 58.2 cm³/mol. The van der Waals surface area contributed by atoms with Gasteiger partial charge in [0.15, 0.2) is 6.33 Å². The van der Waals surface area contributed by atoms with E-state index in [1.165, 1.54) is 6.33 Å². The fourth-order valence-electron chi connectivity index (χ4n) is 1.64. The third-order valence-electron chi connectivity index (χ3n) is 2.49. The minimum Gasteiger partial charge on any atom is -0.375 e. The Hall–Kier alpha value is -1.47. The summed E-state index contributed by atoms with van der Waals surface area (Å²) in [4.78, 5) is 15.4. The summed E-state index contributed by atoms with van der Waals surface area (Å²) in [5, 5.41) is 9.46. The summed E-state index contributed by atoms with van der Waals surface area (Å²) in [7, 11) is 0. The lowest BCUT2D eigenvalue weighted by molar-refractivity contribution is -0.124. The van der Waals surface area contributed by atoms with E-state index in [2.05, 4.69) is 20.8 Å². The summed E-state index contributed by atoms with van der Waals surface area (Å²) in [5.74, 6) is 0.513. The van der Waals surface area contributed by atoms with Gasteiger partial charge in [0.1, 0.15) is 0 Å². The van der Waals surface area contributed by atoms with Crippen molar-refractivity contribution in [1.82, 2.24) is 20.8 Å². The lowest BCUT2D eigenvalue weighted by atomic mass is 10.2. The number of carbonyl (C=O) groups is 1. The second-order valence-electron chi connectivity index (χ2n) is 3.84. The first-order chi connectivity index (χ1) is 8.34. The molecule has 2 heterocycles. The molecule has 0 aromatic carbocycles. The number of aromatic nitrogens is 2. The van der Waals surface area contributed by atoms with Crippen LogP contribution in [0.4, 0.5) is 0 Å². The third-order valence-corrected chi connectivity index (χ3v) is 2.49. The third kappa shape index (κ3) is 4.12. The zero-order chi connectivity index (χ0) is 11.9. The van der Waals surface area contributed by atoms with Crippen LogP contribution in [0.1, 0.15) is 12.3 Å². The zero-order valence-electron chi connectivity index (χ0n) is 9.52. The highest BCUT2D eigenvalue weighted by molar-refractivity contribution is 5.76. The van der Waals surface area contributed by atoms with Gasteiger partial charge in [-0.15, -0.1) is 0 Å². The number of nitrogens with one attached hydrogen (secondary N) is 2. The van der Waals surface area contributed by atoms with Gasteiger partial charge in [-0.2, -0.15) is 4.98 Å². The molecule has 0 spiro atoms. The van der Waals surface area contributed by atoms with Gasteiger partial charge in [0.25, 0.3) is 0 Å². The fourth-order valence-corrected chi connectivity index (χ4v) is 1.64. The number of nitrogens with zero attached hydrogens (tertiary/aromatic N) is 2. The van der Waals surface area contributed by atoms with Gasteiger partial charge in [0.05, 0.1) is 19.1 Å². The molecule has 0 bridgehead atoms. The van der Waals surface area contributed by atoms with E-state index in [9.17, 15) is 4.79 Å². The molecule has 1 fully saturated rings. The van der Waals surface area contributed by atoms with Crippen molar-refractivity contribution in [3.05, 3.63) is 12.2 Å². The topological polar surface area (TPSA) is 89.3 Å². The van der Waals surface area contributed by atoms with Crippen LogP contribution in [0.15, 0.2) is 10.9 Å². The lowest BCUT2D eigenvalue weighted by Gasteiger charge is -2.22. The number of rotatable bonds is 5. The molecule has 2 rings (SSSR count). The first-order valence-corrected chi connectivity index (χ1v) is 5.69. The first-order valence-electron chi connectivity index (χ1n) is 5.69. The Labute approximate surface area is 98.9 Å². The highest BCUT2D eigenvalue weighted by Gasteiger charge is 2.16. The molecule has 1 amide bonds. The van der Waals surface area contributed by atoms with Crippen molar-refractivity contribution < 1.29 is 14.1 Å². The van der Waals surface area contributed by atoms with Crippen LogP contribution in [-0.2, 0) is 16.0 Å². The van der Waals surface area contributed by atoms with Crippen LogP contribution in [0.2, 0.25) is 0 Å². The molecule has 2 N–H and O–H groups in total. The van der Waals surface area contributed by atoms with Gasteiger partial charge >= 0.3 is 0 Å². The molecule has 1 aliphatic rings. The Kier molecular flexibility index (Phi) is 4.45. The van der Waals surface area contributed by atoms with Crippen LogP contribution in [0.5, 0.6) is 0 Å². The maximum atomic E-state index is 11.6. The molecule has 0 aliphatic carbocycles. The Bertz CT molecular complexity index is 335. The van der Waals surface area contributed by atoms with E-state index in [1.807, 2.05) is 0 Å². The van der Waals surface area contributed by atoms with E-state index in [0.29, 0.717) is 31.9 Å². The van der Waals surface area contributed by atoms with Gasteiger partial charge in [-0.1, -0.05) is 5.16 Å². The second kappa shape index (κ2) is 6.31. The summed E-state index contributed by atoms with van der Waals surface area (Å²) >= 11 is 0. The average Bonchev–Trinajstić information content (AvgIpc) is 2.83. The molecular formula is C10H16N4O3. The Balaban J connectivity index is 1.60. The van der Waals surface area contributed by atoms with Gasteiger partial charge in [0, 0.05) is 26.1 Å². The van der Waals surface area contributed by atoms with Gasteiger partial charge in [-0.3, -0.25) is 4.79 Å². The summed E-state index contributed by atoms with van der Waals surface area (Å²) in [6.45, 7) is 2.76. The molecule has 1 aromatic rings. The van der Waals surface area contributed by atoms with E-state index >= 15 is 0 Å². The molecule has 7 heteroatoms. The maximum Gasteiger partial charge on any atom is 0.228 e. The predicted octanol–water partition coefficient (Wildman–Crippen LogP) is -0.893. The van der Waals surface area contributed by atoms with Gasteiger partial charge < -0.3 is 19.9 Å². The van der Waals surface area contributed by atoms with Crippen molar-refractivity contribution in [3.8, 4) is 0 Å². The highest BCUT2D eigenvalue weighted by Crippen LogP contribution is 2.01. The van der Waals surface area contributed by atoms with Crippen molar-refractivity contribution in [2.45, 2.75) is 18.9 Å². The fraction of sp³-hybridized carbons (Fsp3) is 0.700. The first kappa shape index (κ1) is 12.0. The number of ether oxygens (including phenoxy) is 1. The zero-order valence-corrected chi connectivity index (χ0v) is 9.52. The number of amides is 1. The molecule has 0 saturated carbocycles. The molecule has 17 heavy (non-hydrogen) atoms. The molecule has 1 unspecified atom stereocenters. The van der Waals surface area contributed by atoms with E-state index < -0.39 is 0 Å². The molecule has 1 saturated heterocycles. The van der Waals surface area contributed by atoms with E-state index in [-0.39, 0.29) is 12.0 Å². The quantitative estimate of drug-likeness (QED) is 0.694. The number of hydrogen-bond acceptors (Lipinski definition) is 6. The minimum atomic E-state index is -0.0212. The van der Waals surface area contributed by atoms with Crippen LogP contribution < -0.4 is 10.6 Å². The van der Waals surface area contributed by atoms with E-state index in [4.69, 9.17) is 9.26 Å². The van der Waals surface area contributed by atoms with Gasteiger partial charge in [-0.05, 0) is 0 Å². The number of morpholine rings is 1. The highest BCUT2D eigenvalue weighted by atomic mass is 16.5.